The molecule has 17 heteroatoms. The molecule has 5 rings (SSSR count). The van der Waals surface area contributed by atoms with Gasteiger partial charge in [0.25, 0.3) is 0 Å². The van der Waals surface area contributed by atoms with Gasteiger partial charge in [0, 0.05) is 25.9 Å². The van der Waals surface area contributed by atoms with Crippen molar-refractivity contribution in [3.63, 3.8) is 0 Å². The van der Waals surface area contributed by atoms with E-state index in [1.807, 2.05) is 0 Å². The second-order valence-electron chi connectivity index (χ2n) is 13.0. The Kier molecular flexibility index (Phi) is 11.7. The predicted molar refractivity (Wildman–Crippen MR) is 146 cm³/mol. The molecule has 5 aliphatic rings. The van der Waals surface area contributed by atoms with Gasteiger partial charge in [0.1, 0.15) is 61.0 Å². The molecular weight excluding hydrogens is 608 g/mol. The van der Waals surface area contributed by atoms with E-state index >= 15 is 0 Å². The third-order valence-electron chi connectivity index (χ3n) is 10.2. The summed E-state index contributed by atoms with van der Waals surface area (Å²) in [7, 11) is 1.41. The van der Waals surface area contributed by atoms with Gasteiger partial charge in [-0.15, -0.1) is 0 Å². The molecule has 2 aliphatic carbocycles. The van der Waals surface area contributed by atoms with Crippen molar-refractivity contribution in [1.82, 2.24) is 0 Å². The van der Waals surface area contributed by atoms with Gasteiger partial charge in [0.15, 0.2) is 24.8 Å². The Bertz CT molecular complexity index is 943. The van der Waals surface area contributed by atoms with Gasteiger partial charge in [-0.25, -0.2) is 0 Å². The maximum absolute atomic E-state index is 10.8. The lowest BCUT2D eigenvalue weighted by Gasteiger charge is -2.50. The fraction of sp³-hybridized carbons (Fsp3) is 1.00. The quantitative estimate of drug-likeness (QED) is 0.108. The fourth-order valence-corrected chi connectivity index (χ4v) is 7.61. The first kappa shape index (κ1) is 35.6. The number of hydrogen-bond donors (Lipinski definition) is 11. The highest BCUT2D eigenvalue weighted by Crippen LogP contribution is 2.44. The smallest absolute Gasteiger partial charge is 0.187 e. The number of fused-ring (bicyclic) bond motifs is 1. The van der Waals surface area contributed by atoms with E-state index in [0.29, 0.717) is 6.42 Å². The summed E-state index contributed by atoms with van der Waals surface area (Å²) in [5, 5.41) is 114. The van der Waals surface area contributed by atoms with Crippen molar-refractivity contribution >= 4 is 0 Å². The summed E-state index contributed by atoms with van der Waals surface area (Å²) in [4.78, 5) is 0. The monoisotopic (exact) mass is 657 g/mol. The molecule has 2 saturated carbocycles. The highest BCUT2D eigenvalue weighted by Gasteiger charge is 2.57. The Labute approximate surface area is 259 Å². The molecule has 17 nitrogen and oxygen atoms in total. The Morgan fingerprint density at radius 2 is 1.16 bits per heavy atom. The first-order valence-corrected chi connectivity index (χ1v) is 15.6. The van der Waals surface area contributed by atoms with Crippen LogP contribution < -0.4 is 0 Å². The molecule has 262 valence electrons. The van der Waals surface area contributed by atoms with Crippen LogP contribution in [0.3, 0.4) is 0 Å². The molecule has 5 fully saturated rings. The molecule has 0 aromatic rings. The molecule has 45 heavy (non-hydrogen) atoms. The first-order valence-electron chi connectivity index (χ1n) is 15.6. The summed E-state index contributed by atoms with van der Waals surface area (Å²) in [5.41, 5.74) is 0. The minimum atomic E-state index is -1.69. The van der Waals surface area contributed by atoms with Crippen LogP contribution in [-0.4, -0.2) is 191 Å². The molecular formula is C28H49O17+. The number of methoxy groups -OCH3 is 1. The minimum Gasteiger partial charge on any atom is -0.427 e. The normalized spacial score (nSPS) is 54.4. The summed E-state index contributed by atoms with van der Waals surface area (Å²) >= 11 is 0. The van der Waals surface area contributed by atoms with Crippen molar-refractivity contribution < 1.29 is 84.6 Å². The van der Waals surface area contributed by atoms with Crippen molar-refractivity contribution in [3.8, 4) is 0 Å². The van der Waals surface area contributed by atoms with Gasteiger partial charge in [-0.05, 0) is 19.3 Å². The molecule has 10 unspecified atom stereocenters. The Balaban J connectivity index is 1.40. The zero-order valence-corrected chi connectivity index (χ0v) is 24.9. The van der Waals surface area contributed by atoms with E-state index in [1.165, 1.54) is 7.11 Å². The standard InChI is InChI=1S/C28H48O17/c1-40-15-3-9(2-12(32)19(15)33)26-16(43-28-25(39)23(37)21(35)18(8-30)45-28)6-11-13(41-26)4-10(31)5-14(11)42-27-24(38)22(36)20(34)17(7-29)44-27/h9-39H,2-8H2,1H3/p+1/t9?,10?,11?,12?,13?,14?,15?,16?,17-,18-,19?,20-,21-,22-,23-,24-,25-,26?,27-,28-/m0/s1. The maximum atomic E-state index is 10.8. The van der Waals surface area contributed by atoms with Gasteiger partial charge in [-0.3, -0.25) is 0 Å². The van der Waals surface area contributed by atoms with Crippen LogP contribution in [0.5, 0.6) is 0 Å². The van der Waals surface area contributed by atoms with Gasteiger partial charge in [0.05, 0.1) is 43.5 Å². The second kappa shape index (κ2) is 14.8. The summed E-state index contributed by atoms with van der Waals surface area (Å²) < 4.78 is 34.0. The third kappa shape index (κ3) is 7.20. The van der Waals surface area contributed by atoms with E-state index in [9.17, 15) is 56.2 Å². The first-order chi connectivity index (χ1) is 21.4. The zero-order chi connectivity index (χ0) is 32.7. The van der Waals surface area contributed by atoms with Gasteiger partial charge >= 0.3 is 0 Å². The number of hydrogen-bond acceptors (Lipinski definition) is 16. The van der Waals surface area contributed by atoms with Gasteiger partial charge < -0.3 is 84.6 Å². The molecule has 0 bridgehead atoms. The largest absolute Gasteiger partial charge is 0.427 e. The average Bonchev–Trinajstić information content (AvgIpc) is 3.02. The molecule has 0 amide bonds. The molecule has 0 aromatic carbocycles. The van der Waals surface area contributed by atoms with Crippen molar-refractivity contribution in [3.05, 3.63) is 0 Å². The zero-order valence-electron chi connectivity index (χ0n) is 24.9. The van der Waals surface area contributed by atoms with Gasteiger partial charge in [-0.2, -0.15) is 0 Å². The Hall–Kier alpha value is -0.680. The molecule has 0 radical (unpaired) electrons. The van der Waals surface area contributed by atoms with E-state index in [2.05, 4.69) is 0 Å². The predicted octanol–water partition coefficient (Wildman–Crippen LogP) is -6.06. The molecule has 3 heterocycles. The molecule has 3 saturated heterocycles. The van der Waals surface area contributed by atoms with E-state index in [1.54, 1.807) is 0 Å². The van der Waals surface area contributed by atoms with Crippen LogP contribution in [0.2, 0.25) is 0 Å². The second-order valence-corrected chi connectivity index (χ2v) is 13.0. The lowest BCUT2D eigenvalue weighted by atomic mass is 9.72. The summed E-state index contributed by atoms with van der Waals surface area (Å²) in [6, 6.07) is 0. The van der Waals surface area contributed by atoms with E-state index in [4.69, 9.17) is 28.4 Å². The van der Waals surface area contributed by atoms with Gasteiger partial charge in [-0.1, -0.05) is 0 Å². The van der Waals surface area contributed by atoms with Crippen LogP contribution in [0.1, 0.15) is 32.1 Å². The van der Waals surface area contributed by atoms with Crippen molar-refractivity contribution in [1.29, 1.82) is 0 Å². The molecule has 0 spiro atoms. The van der Waals surface area contributed by atoms with E-state index < -0.39 is 135 Å². The molecule has 12 N–H and O–H groups in total. The highest BCUT2D eigenvalue weighted by atomic mass is 16.7. The molecule has 3 aliphatic heterocycles. The fourth-order valence-electron chi connectivity index (χ4n) is 7.61. The van der Waals surface area contributed by atoms with Crippen molar-refractivity contribution in [2.45, 2.75) is 142 Å². The SMILES string of the molecule is COC1CC(C2[OH+]C3CC(O)CC(O[C@H]4O[C@@H](CO)[C@H](O)[C@H](O)[C@@H]4O)C3CC2O[C@H]2O[C@@H](CO)[C@H](O)[C@H](O)[C@@H]2O)CC(O)C1O. The van der Waals surface area contributed by atoms with Gasteiger partial charge in [0.2, 0.25) is 0 Å². The van der Waals surface area contributed by atoms with Crippen molar-refractivity contribution in [2.75, 3.05) is 20.3 Å². The minimum absolute atomic E-state index is 0.0865. The molecule has 0 aromatic heterocycles. The maximum Gasteiger partial charge on any atom is 0.187 e. The Morgan fingerprint density at radius 1 is 0.600 bits per heavy atom. The van der Waals surface area contributed by atoms with Crippen molar-refractivity contribution in [2.24, 2.45) is 11.8 Å². The van der Waals surface area contributed by atoms with E-state index in [0.717, 1.165) is 0 Å². The number of ether oxygens (including phenoxy) is 6. The van der Waals surface area contributed by atoms with Crippen LogP contribution in [0, 0.1) is 11.8 Å². The van der Waals surface area contributed by atoms with Crippen LogP contribution in [0.4, 0.5) is 0 Å². The molecule has 20 atom stereocenters. The lowest BCUT2D eigenvalue weighted by molar-refractivity contribution is -0.368. The Morgan fingerprint density at radius 3 is 1.69 bits per heavy atom. The van der Waals surface area contributed by atoms with E-state index in [-0.39, 0.29) is 25.7 Å². The lowest BCUT2D eigenvalue weighted by Crippen LogP contribution is -2.64. The topological polar surface area (TPSA) is 281 Å². The number of rotatable bonds is 8. The number of aliphatic hydroxyl groups excluding tert-OH is 11. The summed E-state index contributed by atoms with van der Waals surface area (Å²) in [6.45, 7) is -1.32. The average molecular weight is 658 g/mol. The van der Waals surface area contributed by atoms with Crippen LogP contribution >= 0.6 is 0 Å². The van der Waals surface area contributed by atoms with Crippen LogP contribution in [-0.2, 0) is 23.7 Å². The van der Waals surface area contributed by atoms with Crippen LogP contribution in [0.15, 0.2) is 0 Å². The number of aliphatic hydroxyl groups is 13. The third-order valence-corrected chi connectivity index (χ3v) is 10.2. The highest BCUT2D eigenvalue weighted by molar-refractivity contribution is 5.01. The summed E-state index contributed by atoms with van der Waals surface area (Å²) in [5.74, 6) is -0.877. The van der Waals surface area contributed by atoms with Crippen LogP contribution in [0.25, 0.3) is 0 Å². The summed E-state index contributed by atoms with van der Waals surface area (Å²) in [6.07, 6.45) is -21.1.